The second kappa shape index (κ2) is 7.19. The molecule has 3 heteroatoms. The molecule has 1 aromatic heterocycles. The summed E-state index contributed by atoms with van der Waals surface area (Å²) in [4.78, 5) is 4.52. The van der Waals surface area contributed by atoms with Crippen LogP contribution < -0.4 is 5.32 Å². The molecule has 2 nitrogen and oxygen atoms in total. The monoisotopic (exact) mass is 346 g/mol. The van der Waals surface area contributed by atoms with Crippen LogP contribution in [-0.2, 0) is 6.42 Å². The zero-order chi connectivity index (χ0) is 15.4. The van der Waals surface area contributed by atoms with Crippen LogP contribution in [0.1, 0.15) is 40.9 Å². The van der Waals surface area contributed by atoms with Gasteiger partial charge in [-0.25, -0.2) is 0 Å². The zero-order valence-corrected chi connectivity index (χ0v) is 14.8. The van der Waals surface area contributed by atoms with Gasteiger partial charge in [0.05, 0.1) is 0 Å². The molecule has 21 heavy (non-hydrogen) atoms. The van der Waals surface area contributed by atoms with Crippen molar-refractivity contribution in [3.63, 3.8) is 0 Å². The molecule has 2 aromatic rings. The maximum absolute atomic E-state index is 4.52. The minimum atomic E-state index is 0.310. The molecule has 2 rings (SSSR count). The fourth-order valence-electron chi connectivity index (χ4n) is 3.00. The number of hydrogen-bond donors (Lipinski definition) is 1. The Hall–Kier alpha value is -1.19. The maximum atomic E-state index is 4.52. The minimum absolute atomic E-state index is 0.310. The van der Waals surface area contributed by atoms with E-state index in [2.05, 4.69) is 78.2 Å². The van der Waals surface area contributed by atoms with Crippen LogP contribution in [0.5, 0.6) is 0 Å². The van der Waals surface area contributed by atoms with Crippen molar-refractivity contribution in [1.82, 2.24) is 10.3 Å². The average Bonchev–Trinajstić information content (AvgIpc) is 2.40. The second-order valence-electron chi connectivity index (χ2n) is 5.59. The molecule has 0 amide bonds. The van der Waals surface area contributed by atoms with Gasteiger partial charge in [-0.15, -0.1) is 0 Å². The van der Waals surface area contributed by atoms with Crippen LogP contribution in [0.15, 0.2) is 34.9 Å². The number of pyridine rings is 1. The molecule has 1 aromatic carbocycles. The van der Waals surface area contributed by atoms with Crippen molar-refractivity contribution in [2.75, 3.05) is 6.54 Å². The lowest BCUT2D eigenvalue weighted by Gasteiger charge is -2.23. The highest BCUT2D eigenvalue weighted by Crippen LogP contribution is 2.26. The summed E-state index contributed by atoms with van der Waals surface area (Å²) in [6.45, 7) is 9.67. The summed E-state index contributed by atoms with van der Waals surface area (Å²) in [5.74, 6) is 0. The lowest BCUT2D eigenvalue weighted by atomic mass is 9.91. The standard InChI is InChI=1S/C18H23BrN2/c1-5-20-17(10-16-7-6-15(19)11-21-16)18-13(3)8-12(2)9-14(18)4/h6-9,11,17,20H,5,10H2,1-4H3. The summed E-state index contributed by atoms with van der Waals surface area (Å²) in [6.07, 6.45) is 2.78. The number of rotatable bonds is 5. The topological polar surface area (TPSA) is 24.9 Å². The molecule has 0 saturated heterocycles. The third-order valence-electron chi connectivity index (χ3n) is 3.74. The molecule has 0 radical (unpaired) electrons. The van der Waals surface area contributed by atoms with E-state index in [0.717, 1.165) is 23.1 Å². The lowest BCUT2D eigenvalue weighted by molar-refractivity contribution is 0.539. The van der Waals surface area contributed by atoms with Crippen molar-refractivity contribution >= 4 is 15.9 Å². The Labute approximate surface area is 136 Å². The van der Waals surface area contributed by atoms with Crippen LogP contribution in [0.25, 0.3) is 0 Å². The van der Waals surface area contributed by atoms with Gasteiger partial charge in [0.25, 0.3) is 0 Å². The largest absolute Gasteiger partial charge is 0.310 e. The fourth-order valence-corrected chi connectivity index (χ4v) is 3.23. The van der Waals surface area contributed by atoms with Gasteiger partial charge >= 0.3 is 0 Å². The number of aryl methyl sites for hydroxylation is 3. The zero-order valence-electron chi connectivity index (χ0n) is 13.2. The molecular formula is C18H23BrN2. The molecule has 0 aliphatic rings. The van der Waals surface area contributed by atoms with Gasteiger partial charge in [-0.05, 0) is 72.1 Å². The summed E-state index contributed by atoms with van der Waals surface area (Å²) in [5.41, 5.74) is 6.56. The van der Waals surface area contributed by atoms with Crippen LogP contribution in [0, 0.1) is 20.8 Å². The van der Waals surface area contributed by atoms with Crippen molar-refractivity contribution < 1.29 is 0 Å². The molecular weight excluding hydrogens is 324 g/mol. The van der Waals surface area contributed by atoms with Crippen molar-refractivity contribution in [1.29, 1.82) is 0 Å². The smallest absolute Gasteiger partial charge is 0.0423 e. The summed E-state index contributed by atoms with van der Waals surface area (Å²) in [5, 5.41) is 3.61. The summed E-state index contributed by atoms with van der Waals surface area (Å²) in [6, 6.07) is 8.99. The van der Waals surface area contributed by atoms with Gasteiger partial charge in [0.1, 0.15) is 0 Å². The quantitative estimate of drug-likeness (QED) is 0.851. The predicted octanol–water partition coefficient (Wildman–Crippen LogP) is 4.66. The lowest BCUT2D eigenvalue weighted by Crippen LogP contribution is -2.25. The summed E-state index contributed by atoms with van der Waals surface area (Å²) >= 11 is 3.44. The van der Waals surface area contributed by atoms with Gasteiger partial charge in [0.2, 0.25) is 0 Å². The Morgan fingerprint density at radius 3 is 2.33 bits per heavy atom. The Morgan fingerprint density at radius 1 is 1.14 bits per heavy atom. The fraction of sp³-hybridized carbons (Fsp3) is 0.389. The van der Waals surface area contributed by atoms with Gasteiger partial charge < -0.3 is 5.32 Å². The van der Waals surface area contributed by atoms with Gasteiger partial charge in [0.15, 0.2) is 0 Å². The molecule has 0 spiro atoms. The molecule has 0 bridgehead atoms. The summed E-state index contributed by atoms with van der Waals surface area (Å²) < 4.78 is 1.02. The van der Waals surface area contributed by atoms with E-state index in [1.54, 1.807) is 0 Å². The van der Waals surface area contributed by atoms with E-state index in [-0.39, 0.29) is 0 Å². The van der Waals surface area contributed by atoms with E-state index >= 15 is 0 Å². The van der Waals surface area contributed by atoms with Gasteiger partial charge in [-0.1, -0.05) is 24.6 Å². The van der Waals surface area contributed by atoms with E-state index < -0.39 is 0 Å². The van der Waals surface area contributed by atoms with Crippen molar-refractivity contribution in [3.8, 4) is 0 Å². The highest BCUT2D eigenvalue weighted by Gasteiger charge is 2.17. The van der Waals surface area contributed by atoms with E-state index in [9.17, 15) is 0 Å². The first-order valence-corrected chi connectivity index (χ1v) is 8.22. The van der Waals surface area contributed by atoms with Gasteiger partial charge in [-0.3, -0.25) is 4.98 Å². The number of likely N-dealkylation sites (N-methyl/N-ethyl adjacent to an activating group) is 1. The van der Waals surface area contributed by atoms with Crippen LogP contribution in [0.4, 0.5) is 0 Å². The van der Waals surface area contributed by atoms with Crippen LogP contribution in [-0.4, -0.2) is 11.5 Å². The third-order valence-corrected chi connectivity index (χ3v) is 4.21. The SMILES string of the molecule is CCNC(Cc1ccc(Br)cn1)c1c(C)cc(C)cc1C. The molecule has 0 aliphatic heterocycles. The number of aromatic nitrogens is 1. The van der Waals surface area contributed by atoms with Crippen molar-refractivity contribution in [2.45, 2.75) is 40.2 Å². The Balaban J connectivity index is 2.33. The molecule has 0 fully saturated rings. The highest BCUT2D eigenvalue weighted by molar-refractivity contribution is 9.10. The molecule has 1 atom stereocenters. The first kappa shape index (κ1) is 16.2. The van der Waals surface area contributed by atoms with Crippen molar-refractivity contribution in [3.05, 3.63) is 62.9 Å². The third kappa shape index (κ3) is 4.14. The number of hydrogen-bond acceptors (Lipinski definition) is 2. The normalized spacial score (nSPS) is 12.4. The second-order valence-corrected chi connectivity index (χ2v) is 6.51. The highest BCUT2D eigenvalue weighted by atomic mass is 79.9. The Kier molecular flexibility index (Phi) is 5.54. The van der Waals surface area contributed by atoms with E-state index in [1.165, 1.54) is 22.3 Å². The van der Waals surface area contributed by atoms with E-state index in [1.807, 2.05) is 6.20 Å². The minimum Gasteiger partial charge on any atom is -0.310 e. The molecule has 1 heterocycles. The number of halogens is 1. The number of benzene rings is 1. The number of nitrogens with one attached hydrogen (secondary N) is 1. The first-order valence-electron chi connectivity index (χ1n) is 7.42. The van der Waals surface area contributed by atoms with E-state index in [0.29, 0.717) is 6.04 Å². The Morgan fingerprint density at radius 2 is 1.81 bits per heavy atom. The van der Waals surface area contributed by atoms with Crippen LogP contribution in [0.2, 0.25) is 0 Å². The molecule has 0 saturated carbocycles. The summed E-state index contributed by atoms with van der Waals surface area (Å²) in [7, 11) is 0. The van der Waals surface area contributed by atoms with E-state index in [4.69, 9.17) is 0 Å². The molecule has 1 unspecified atom stereocenters. The number of nitrogens with zero attached hydrogens (tertiary/aromatic N) is 1. The first-order chi connectivity index (χ1) is 10.0. The Bertz CT molecular complexity index is 582. The van der Waals surface area contributed by atoms with Gasteiger partial charge in [0, 0.05) is 28.8 Å². The predicted molar refractivity (Wildman–Crippen MR) is 92.7 cm³/mol. The molecule has 0 aliphatic carbocycles. The van der Waals surface area contributed by atoms with Crippen molar-refractivity contribution in [2.24, 2.45) is 0 Å². The molecule has 1 N–H and O–H groups in total. The average molecular weight is 347 g/mol. The van der Waals surface area contributed by atoms with Crippen LogP contribution in [0.3, 0.4) is 0 Å². The van der Waals surface area contributed by atoms with Gasteiger partial charge in [-0.2, -0.15) is 0 Å². The maximum Gasteiger partial charge on any atom is 0.0423 e. The van der Waals surface area contributed by atoms with Crippen LogP contribution >= 0.6 is 15.9 Å². The molecule has 112 valence electrons.